The minimum absolute atomic E-state index is 0.0169. The summed E-state index contributed by atoms with van der Waals surface area (Å²) >= 11 is 0. The largest absolute Gasteiger partial charge is 0.506 e. The van der Waals surface area contributed by atoms with Crippen LogP contribution in [0.25, 0.3) is 0 Å². The molecule has 6 nitrogen and oxygen atoms in total. The first-order valence-corrected chi connectivity index (χ1v) is 8.25. The zero-order valence-electron chi connectivity index (χ0n) is 14.2. The van der Waals surface area contributed by atoms with E-state index in [9.17, 15) is 9.90 Å². The minimum Gasteiger partial charge on any atom is -0.506 e. The minimum atomic E-state index is -0.0529. The molecule has 0 bridgehead atoms. The summed E-state index contributed by atoms with van der Waals surface area (Å²) < 4.78 is 10.8. The number of methoxy groups -OCH3 is 1. The molecule has 0 aromatic heterocycles. The lowest BCUT2D eigenvalue weighted by Gasteiger charge is -2.36. The third-order valence-electron chi connectivity index (χ3n) is 4.28. The van der Waals surface area contributed by atoms with E-state index in [-0.39, 0.29) is 18.3 Å². The number of benzene rings is 2. The Morgan fingerprint density at radius 2 is 1.64 bits per heavy atom. The van der Waals surface area contributed by atoms with Crippen molar-refractivity contribution in [1.82, 2.24) is 4.90 Å². The van der Waals surface area contributed by atoms with E-state index in [4.69, 9.17) is 9.47 Å². The molecule has 1 fully saturated rings. The summed E-state index contributed by atoms with van der Waals surface area (Å²) in [5.74, 6) is 1.38. The number of phenols is 1. The van der Waals surface area contributed by atoms with Crippen LogP contribution in [0.4, 0.5) is 5.69 Å². The van der Waals surface area contributed by atoms with Gasteiger partial charge in [-0.15, -0.1) is 0 Å². The van der Waals surface area contributed by atoms with Crippen molar-refractivity contribution in [2.75, 3.05) is 44.8 Å². The summed E-state index contributed by atoms with van der Waals surface area (Å²) in [6.07, 6.45) is 0. The van der Waals surface area contributed by atoms with Gasteiger partial charge in [-0.3, -0.25) is 4.79 Å². The number of phenolic OH excluding ortho intramolecular Hbond substituents is 1. The number of carbonyl (C=O) groups excluding carboxylic acids is 1. The van der Waals surface area contributed by atoms with Crippen LogP contribution in [0.5, 0.6) is 17.2 Å². The topological polar surface area (TPSA) is 62.2 Å². The number of ether oxygens (including phenoxy) is 2. The third-order valence-corrected chi connectivity index (χ3v) is 4.28. The highest BCUT2D eigenvalue weighted by molar-refractivity contribution is 5.78. The van der Waals surface area contributed by atoms with Gasteiger partial charge in [0, 0.05) is 26.2 Å². The summed E-state index contributed by atoms with van der Waals surface area (Å²) in [4.78, 5) is 16.2. The van der Waals surface area contributed by atoms with Gasteiger partial charge in [0.1, 0.15) is 5.75 Å². The van der Waals surface area contributed by atoms with Crippen LogP contribution in [0.1, 0.15) is 0 Å². The lowest BCUT2D eigenvalue weighted by molar-refractivity contribution is -0.133. The maximum Gasteiger partial charge on any atom is 0.260 e. The lowest BCUT2D eigenvalue weighted by atomic mass is 10.2. The molecule has 1 amide bonds. The maximum atomic E-state index is 12.4. The first kappa shape index (κ1) is 17.0. The molecule has 0 unspecified atom stereocenters. The van der Waals surface area contributed by atoms with Crippen LogP contribution in [-0.2, 0) is 4.79 Å². The van der Waals surface area contributed by atoms with Gasteiger partial charge in [0.25, 0.3) is 5.91 Å². The Morgan fingerprint density at radius 3 is 2.32 bits per heavy atom. The Morgan fingerprint density at radius 1 is 1.00 bits per heavy atom. The van der Waals surface area contributed by atoms with E-state index in [1.807, 2.05) is 24.3 Å². The van der Waals surface area contributed by atoms with Crippen molar-refractivity contribution < 1.29 is 19.4 Å². The number of rotatable bonds is 5. The van der Waals surface area contributed by atoms with Gasteiger partial charge in [-0.1, -0.05) is 24.3 Å². The Labute approximate surface area is 147 Å². The average molecular weight is 342 g/mol. The molecule has 1 aliphatic heterocycles. The average Bonchev–Trinajstić information content (AvgIpc) is 2.67. The summed E-state index contributed by atoms with van der Waals surface area (Å²) in [5.41, 5.74) is 0.805. The molecule has 2 aromatic rings. The molecule has 132 valence electrons. The summed E-state index contributed by atoms with van der Waals surface area (Å²) in [5, 5.41) is 9.94. The molecule has 3 rings (SSSR count). The Hall–Kier alpha value is -2.89. The van der Waals surface area contributed by atoms with E-state index in [1.54, 1.807) is 36.3 Å². The number of hydrogen-bond donors (Lipinski definition) is 1. The second kappa shape index (κ2) is 7.79. The molecule has 1 heterocycles. The predicted molar refractivity (Wildman–Crippen MR) is 95.4 cm³/mol. The molecule has 0 spiro atoms. The fourth-order valence-corrected chi connectivity index (χ4v) is 2.90. The second-order valence-electron chi connectivity index (χ2n) is 5.80. The van der Waals surface area contributed by atoms with Gasteiger partial charge in [-0.05, 0) is 24.3 Å². The fourth-order valence-electron chi connectivity index (χ4n) is 2.90. The highest BCUT2D eigenvalue weighted by Crippen LogP contribution is 2.28. The van der Waals surface area contributed by atoms with Crippen molar-refractivity contribution in [2.45, 2.75) is 0 Å². The third kappa shape index (κ3) is 3.96. The van der Waals surface area contributed by atoms with Gasteiger partial charge >= 0.3 is 0 Å². The van der Waals surface area contributed by atoms with Crippen molar-refractivity contribution in [1.29, 1.82) is 0 Å². The number of nitrogens with zero attached hydrogens (tertiary/aromatic N) is 2. The Bertz CT molecular complexity index is 727. The molecule has 2 aromatic carbocycles. The molecular formula is C19H22N2O4. The van der Waals surface area contributed by atoms with Gasteiger partial charge < -0.3 is 24.4 Å². The Kier molecular flexibility index (Phi) is 5.28. The fraction of sp³-hybridized carbons (Fsp3) is 0.316. The first-order valence-electron chi connectivity index (χ1n) is 8.25. The number of piperazine rings is 1. The molecule has 0 atom stereocenters. The highest BCUT2D eigenvalue weighted by atomic mass is 16.5. The molecule has 1 aliphatic rings. The van der Waals surface area contributed by atoms with Crippen LogP contribution in [0.15, 0.2) is 48.5 Å². The van der Waals surface area contributed by atoms with E-state index in [2.05, 4.69) is 4.90 Å². The Balaban J connectivity index is 1.53. The van der Waals surface area contributed by atoms with E-state index >= 15 is 0 Å². The molecule has 25 heavy (non-hydrogen) atoms. The van der Waals surface area contributed by atoms with Crippen LogP contribution in [0.2, 0.25) is 0 Å². The lowest BCUT2D eigenvalue weighted by Crippen LogP contribution is -2.50. The van der Waals surface area contributed by atoms with E-state index in [1.165, 1.54) is 0 Å². The standard InChI is InChI=1S/C19H22N2O4/c1-24-17-8-4-5-9-18(17)25-14-19(23)21-12-10-20(11-13-21)15-6-2-3-7-16(15)22/h2-9,22H,10-14H2,1H3. The quantitative estimate of drug-likeness (QED) is 0.902. The molecule has 0 radical (unpaired) electrons. The van der Waals surface area contributed by atoms with Crippen molar-refractivity contribution in [3.8, 4) is 17.2 Å². The zero-order valence-corrected chi connectivity index (χ0v) is 14.2. The SMILES string of the molecule is COc1ccccc1OCC(=O)N1CCN(c2ccccc2O)CC1. The van der Waals surface area contributed by atoms with Crippen molar-refractivity contribution in [3.05, 3.63) is 48.5 Å². The summed E-state index contributed by atoms with van der Waals surface area (Å²) in [7, 11) is 1.57. The van der Waals surface area contributed by atoms with Crippen LogP contribution in [-0.4, -0.2) is 55.8 Å². The number of hydrogen-bond acceptors (Lipinski definition) is 5. The summed E-state index contributed by atoms with van der Waals surface area (Å²) in [6.45, 7) is 2.54. The predicted octanol–water partition coefficient (Wildman–Crippen LogP) is 2.13. The summed E-state index contributed by atoms with van der Waals surface area (Å²) in [6, 6.07) is 14.5. The van der Waals surface area contributed by atoms with Gasteiger partial charge in [0.15, 0.2) is 18.1 Å². The van der Waals surface area contributed by atoms with E-state index in [0.717, 1.165) is 5.69 Å². The number of anilines is 1. The normalized spacial score (nSPS) is 14.3. The zero-order chi connectivity index (χ0) is 17.6. The van der Waals surface area contributed by atoms with Gasteiger partial charge in [-0.2, -0.15) is 0 Å². The first-order chi connectivity index (χ1) is 12.2. The monoisotopic (exact) mass is 342 g/mol. The molecule has 1 saturated heterocycles. The highest BCUT2D eigenvalue weighted by Gasteiger charge is 2.23. The van der Waals surface area contributed by atoms with Gasteiger partial charge in [-0.25, -0.2) is 0 Å². The number of para-hydroxylation sites is 4. The van der Waals surface area contributed by atoms with Crippen molar-refractivity contribution in [2.24, 2.45) is 0 Å². The maximum absolute atomic E-state index is 12.4. The molecule has 0 saturated carbocycles. The van der Waals surface area contributed by atoms with Crippen LogP contribution in [0.3, 0.4) is 0 Å². The molecule has 1 N–H and O–H groups in total. The molecule has 6 heteroatoms. The van der Waals surface area contributed by atoms with Crippen molar-refractivity contribution in [3.63, 3.8) is 0 Å². The van der Waals surface area contributed by atoms with E-state index in [0.29, 0.717) is 37.7 Å². The number of aromatic hydroxyl groups is 1. The van der Waals surface area contributed by atoms with Gasteiger partial charge in [0.05, 0.1) is 12.8 Å². The van der Waals surface area contributed by atoms with Crippen LogP contribution >= 0.6 is 0 Å². The molecule has 0 aliphatic carbocycles. The smallest absolute Gasteiger partial charge is 0.260 e. The van der Waals surface area contributed by atoms with Crippen LogP contribution < -0.4 is 14.4 Å². The van der Waals surface area contributed by atoms with Gasteiger partial charge in [0.2, 0.25) is 0 Å². The van der Waals surface area contributed by atoms with Crippen molar-refractivity contribution >= 4 is 11.6 Å². The number of amides is 1. The second-order valence-corrected chi connectivity index (χ2v) is 5.80. The number of carbonyl (C=O) groups is 1. The van der Waals surface area contributed by atoms with E-state index < -0.39 is 0 Å². The van der Waals surface area contributed by atoms with Crippen LogP contribution in [0, 0.1) is 0 Å². The molecular weight excluding hydrogens is 320 g/mol.